The fourth-order valence-corrected chi connectivity index (χ4v) is 6.28. The maximum Gasteiger partial charge on any atom is 0.140 e. The Labute approximate surface area is 257 Å². The van der Waals surface area contributed by atoms with Crippen molar-refractivity contribution in [1.82, 2.24) is 24.1 Å². The van der Waals surface area contributed by atoms with E-state index in [4.69, 9.17) is 4.98 Å². The Bertz CT molecular complexity index is 2220. The molecule has 7 rings (SSSR count). The molecule has 0 N–H and O–H groups in total. The molecule has 0 bridgehead atoms. The average molecular weight is 575 g/mol. The second kappa shape index (κ2) is 11.3. The molecule has 1 aromatic carbocycles. The predicted molar refractivity (Wildman–Crippen MR) is 184 cm³/mol. The van der Waals surface area contributed by atoms with E-state index in [-0.39, 0.29) is 6.04 Å². The summed E-state index contributed by atoms with van der Waals surface area (Å²) >= 11 is 0. The summed E-state index contributed by atoms with van der Waals surface area (Å²) in [6.45, 7) is 11.4. The highest BCUT2D eigenvalue weighted by Crippen LogP contribution is 2.41. The third kappa shape index (κ3) is 4.56. The van der Waals surface area contributed by atoms with E-state index in [2.05, 4.69) is 117 Å². The Morgan fingerprint density at radius 1 is 0.841 bits per heavy atom. The molecule has 0 atom stereocenters. The van der Waals surface area contributed by atoms with E-state index in [1.807, 2.05) is 56.0 Å². The lowest BCUT2D eigenvalue weighted by molar-refractivity contribution is 0.641. The molecule has 0 aliphatic carbocycles. The Morgan fingerprint density at radius 3 is 2.45 bits per heavy atom. The number of pyridine rings is 3. The summed E-state index contributed by atoms with van der Waals surface area (Å²) in [7, 11) is 0. The van der Waals surface area contributed by atoms with Gasteiger partial charge >= 0.3 is 0 Å². The van der Waals surface area contributed by atoms with Crippen molar-refractivity contribution in [1.29, 1.82) is 0 Å². The Balaban J connectivity index is 1.52. The van der Waals surface area contributed by atoms with Crippen LogP contribution in [0.25, 0.3) is 49.4 Å². The van der Waals surface area contributed by atoms with Gasteiger partial charge in [-0.2, -0.15) is 0 Å². The Kier molecular flexibility index (Phi) is 7.03. The van der Waals surface area contributed by atoms with Crippen LogP contribution < -0.4 is 4.90 Å². The Morgan fingerprint density at radius 2 is 1.64 bits per heavy atom. The molecule has 6 heteroatoms. The van der Waals surface area contributed by atoms with Crippen LogP contribution >= 0.6 is 0 Å². The standard InChI is InChI=1S/C38H34N6/c1-5-6-8-13-28-23-27(4)12-9-7-10-22-42(28)35-14-11-15-36(41-35)44-33-24-39-20-18-29(33)30-16-17-32-37(38(30)44)31-19-21-40-25-34(31)43(32)26(2)3/h5-21,23-26H,4,22H2,1-3H3/b6-5-,10-7-,12-9-,13-8-,28-23-. The number of aromatic nitrogens is 5. The Hall–Kier alpha value is -5.49. The number of anilines is 1. The van der Waals surface area contributed by atoms with Crippen molar-refractivity contribution in [2.45, 2.75) is 26.8 Å². The van der Waals surface area contributed by atoms with Gasteiger partial charge in [0.25, 0.3) is 0 Å². The summed E-state index contributed by atoms with van der Waals surface area (Å²) in [6.07, 6.45) is 26.2. The fraction of sp³-hybridized carbons (Fsp3) is 0.132. The molecule has 0 amide bonds. The molecule has 216 valence electrons. The molecule has 1 aliphatic heterocycles. The molecule has 6 nitrogen and oxygen atoms in total. The molecule has 0 saturated carbocycles. The summed E-state index contributed by atoms with van der Waals surface area (Å²) in [5.74, 6) is 1.68. The van der Waals surface area contributed by atoms with Crippen molar-refractivity contribution in [2.24, 2.45) is 0 Å². The van der Waals surface area contributed by atoms with Crippen molar-refractivity contribution in [3.8, 4) is 5.82 Å². The first kappa shape index (κ1) is 27.3. The number of nitrogens with zero attached hydrogens (tertiary/aromatic N) is 6. The van der Waals surface area contributed by atoms with Crippen molar-refractivity contribution in [3.63, 3.8) is 0 Å². The van der Waals surface area contributed by atoms with Crippen LogP contribution in [0.4, 0.5) is 5.82 Å². The van der Waals surface area contributed by atoms with Crippen LogP contribution in [-0.4, -0.2) is 30.6 Å². The van der Waals surface area contributed by atoms with Crippen LogP contribution in [0.5, 0.6) is 0 Å². The van der Waals surface area contributed by atoms with Gasteiger partial charge in [0, 0.05) is 52.2 Å². The molecular weight excluding hydrogens is 540 g/mol. The molecule has 0 fully saturated rings. The summed E-state index contributed by atoms with van der Waals surface area (Å²) in [5, 5.41) is 4.69. The quantitative estimate of drug-likeness (QED) is 0.193. The maximum atomic E-state index is 5.34. The van der Waals surface area contributed by atoms with E-state index >= 15 is 0 Å². The highest BCUT2D eigenvalue weighted by atomic mass is 15.2. The SMILES string of the molecule is C=C1/C=C\C=C/CN(c2cccc(-n3c4cnccc4c4ccc5c(c6ccncc6n5C(C)C)c43)n2)C(/C=C\C=C/C)=C\1. The second-order valence-electron chi connectivity index (χ2n) is 11.2. The number of rotatable bonds is 5. The van der Waals surface area contributed by atoms with E-state index < -0.39 is 0 Å². The summed E-state index contributed by atoms with van der Waals surface area (Å²) < 4.78 is 4.66. The number of hydrogen-bond acceptors (Lipinski definition) is 4. The van der Waals surface area contributed by atoms with E-state index in [1.165, 1.54) is 21.7 Å². The molecule has 0 radical (unpaired) electrons. The van der Waals surface area contributed by atoms with Crippen molar-refractivity contribution in [3.05, 3.63) is 140 Å². The van der Waals surface area contributed by atoms with Crippen LogP contribution in [0.1, 0.15) is 26.8 Å². The molecule has 44 heavy (non-hydrogen) atoms. The van der Waals surface area contributed by atoms with Gasteiger partial charge in [-0.3, -0.25) is 14.5 Å². The van der Waals surface area contributed by atoms with Gasteiger partial charge in [-0.1, -0.05) is 61.2 Å². The van der Waals surface area contributed by atoms with Gasteiger partial charge in [-0.05, 0) is 68.8 Å². The van der Waals surface area contributed by atoms with Crippen molar-refractivity contribution < 1.29 is 0 Å². The van der Waals surface area contributed by atoms with E-state index in [9.17, 15) is 0 Å². The minimum atomic E-state index is 0.270. The monoisotopic (exact) mass is 574 g/mol. The van der Waals surface area contributed by atoms with Gasteiger partial charge in [0.05, 0.1) is 34.5 Å². The third-order valence-electron chi connectivity index (χ3n) is 8.10. The molecule has 0 saturated heterocycles. The minimum absolute atomic E-state index is 0.270. The van der Waals surface area contributed by atoms with Gasteiger partial charge in [-0.25, -0.2) is 4.98 Å². The first-order valence-electron chi connectivity index (χ1n) is 15.0. The van der Waals surface area contributed by atoms with Gasteiger partial charge in [0.2, 0.25) is 0 Å². The van der Waals surface area contributed by atoms with Gasteiger partial charge < -0.3 is 9.47 Å². The highest BCUT2D eigenvalue weighted by molar-refractivity contribution is 6.25. The lowest BCUT2D eigenvalue weighted by Gasteiger charge is -2.24. The van der Waals surface area contributed by atoms with Gasteiger partial charge in [0.15, 0.2) is 0 Å². The van der Waals surface area contributed by atoms with E-state index in [0.717, 1.165) is 44.8 Å². The summed E-state index contributed by atoms with van der Waals surface area (Å²) in [6, 6.07) is 15.2. The van der Waals surface area contributed by atoms with Crippen molar-refractivity contribution >= 4 is 49.4 Å². The average Bonchev–Trinajstić information content (AvgIpc) is 3.57. The smallest absolute Gasteiger partial charge is 0.140 e. The number of hydrogen-bond donors (Lipinski definition) is 0. The summed E-state index contributed by atoms with van der Waals surface area (Å²) in [4.78, 5) is 16.6. The molecular formula is C38H34N6. The van der Waals surface area contributed by atoms with E-state index in [0.29, 0.717) is 6.54 Å². The van der Waals surface area contributed by atoms with Crippen LogP contribution in [0, 0.1) is 0 Å². The zero-order chi connectivity index (χ0) is 30.2. The van der Waals surface area contributed by atoms with E-state index in [1.54, 1.807) is 0 Å². The fourth-order valence-electron chi connectivity index (χ4n) is 6.28. The van der Waals surface area contributed by atoms with Crippen LogP contribution in [-0.2, 0) is 0 Å². The minimum Gasteiger partial charge on any atom is -0.337 e. The molecule has 0 unspecified atom stereocenters. The molecule has 5 aromatic heterocycles. The maximum absolute atomic E-state index is 5.34. The first-order valence-corrected chi connectivity index (χ1v) is 15.0. The second-order valence-corrected chi connectivity index (χ2v) is 11.2. The lowest BCUT2D eigenvalue weighted by atomic mass is 10.1. The van der Waals surface area contributed by atoms with Crippen LogP contribution in [0.15, 0.2) is 140 Å². The lowest BCUT2D eigenvalue weighted by Crippen LogP contribution is -2.23. The predicted octanol–water partition coefficient (Wildman–Crippen LogP) is 9.16. The van der Waals surface area contributed by atoms with Crippen LogP contribution in [0.3, 0.4) is 0 Å². The first-order chi connectivity index (χ1) is 21.6. The number of fused-ring (bicyclic) bond motifs is 7. The summed E-state index contributed by atoms with van der Waals surface area (Å²) in [5.41, 5.74) is 6.37. The van der Waals surface area contributed by atoms with Gasteiger partial charge in [-0.15, -0.1) is 0 Å². The number of allylic oxidation sites excluding steroid dienone is 9. The normalized spacial score (nSPS) is 17.2. The zero-order valence-corrected chi connectivity index (χ0v) is 25.2. The third-order valence-corrected chi connectivity index (χ3v) is 8.10. The largest absolute Gasteiger partial charge is 0.337 e. The molecule has 1 aliphatic rings. The molecule has 6 aromatic rings. The topological polar surface area (TPSA) is 51.8 Å². The van der Waals surface area contributed by atoms with Gasteiger partial charge in [0.1, 0.15) is 11.6 Å². The zero-order valence-electron chi connectivity index (χ0n) is 25.2. The van der Waals surface area contributed by atoms with Crippen LogP contribution in [0.2, 0.25) is 0 Å². The number of benzene rings is 1. The van der Waals surface area contributed by atoms with Crippen molar-refractivity contribution in [2.75, 3.05) is 11.4 Å². The highest BCUT2D eigenvalue weighted by Gasteiger charge is 2.22. The molecule has 0 spiro atoms. The molecule has 6 heterocycles.